The summed E-state index contributed by atoms with van der Waals surface area (Å²) in [6.45, 7) is 7.99. The minimum absolute atomic E-state index is 0.639. The van der Waals surface area contributed by atoms with Gasteiger partial charge in [0.15, 0.2) is 5.75 Å². The van der Waals surface area contributed by atoms with Crippen LogP contribution in [0.2, 0.25) is 5.02 Å². The fourth-order valence-corrected chi connectivity index (χ4v) is 2.74. The highest BCUT2D eigenvalue weighted by Gasteiger charge is 2.11. The second kappa shape index (κ2) is 7.90. The zero-order valence-corrected chi connectivity index (χ0v) is 13.6. The molecule has 2 nitrogen and oxygen atoms in total. The maximum Gasteiger partial charge on any atom is 0.156 e. The molecule has 0 saturated carbocycles. The first-order chi connectivity index (χ1) is 8.62. The number of anilines is 1. The second-order valence-electron chi connectivity index (χ2n) is 4.26. The lowest BCUT2D eigenvalue weighted by atomic mass is 10.0. The minimum atomic E-state index is 0.639. The lowest BCUT2D eigenvalue weighted by Gasteiger charge is -2.18. The lowest BCUT2D eigenvalue weighted by molar-refractivity contribution is 0.339. The summed E-state index contributed by atoms with van der Waals surface area (Å²) in [5.74, 6) is 1.52. The summed E-state index contributed by atoms with van der Waals surface area (Å²) in [6.07, 6.45) is 2.35. The normalized spacial score (nSPS) is 10.8. The molecule has 0 amide bonds. The Hall–Kier alpha value is -0.410. The molecule has 1 aromatic rings. The average Bonchev–Trinajstić information content (AvgIpc) is 2.34. The first-order valence-electron chi connectivity index (χ1n) is 6.48. The Morgan fingerprint density at radius 1 is 1.28 bits per heavy atom. The van der Waals surface area contributed by atoms with Crippen molar-refractivity contribution in [2.45, 2.75) is 33.6 Å². The zero-order chi connectivity index (χ0) is 13.5. The molecule has 0 spiro atoms. The van der Waals surface area contributed by atoms with Crippen LogP contribution in [0.4, 0.5) is 5.69 Å². The number of nitrogens with one attached hydrogen (secondary N) is 1. The molecule has 0 fully saturated rings. The van der Waals surface area contributed by atoms with Gasteiger partial charge in [-0.3, -0.25) is 0 Å². The lowest BCUT2D eigenvalue weighted by Crippen LogP contribution is -2.13. The SMILES string of the molecule is CCOc1c(Br)cc(Cl)cc1NCC(CC)CC. The van der Waals surface area contributed by atoms with Crippen LogP contribution in [0.5, 0.6) is 5.75 Å². The van der Waals surface area contributed by atoms with Crippen molar-refractivity contribution < 1.29 is 4.74 Å². The fraction of sp³-hybridized carbons (Fsp3) is 0.571. The van der Waals surface area contributed by atoms with Gasteiger partial charge in [-0.25, -0.2) is 0 Å². The van der Waals surface area contributed by atoms with Crippen LogP contribution in [0.15, 0.2) is 16.6 Å². The average molecular weight is 335 g/mol. The van der Waals surface area contributed by atoms with Gasteiger partial charge in [0, 0.05) is 11.6 Å². The Kier molecular flexibility index (Phi) is 6.87. The number of hydrogen-bond acceptors (Lipinski definition) is 2. The minimum Gasteiger partial charge on any atom is -0.491 e. The van der Waals surface area contributed by atoms with Crippen molar-refractivity contribution in [1.29, 1.82) is 0 Å². The van der Waals surface area contributed by atoms with Crippen LogP contribution in [0.1, 0.15) is 33.6 Å². The number of ether oxygens (including phenoxy) is 1. The molecule has 0 aliphatic carbocycles. The van der Waals surface area contributed by atoms with E-state index in [4.69, 9.17) is 16.3 Å². The van der Waals surface area contributed by atoms with Crippen molar-refractivity contribution in [2.24, 2.45) is 5.92 Å². The van der Waals surface area contributed by atoms with Crippen molar-refractivity contribution in [3.8, 4) is 5.75 Å². The van der Waals surface area contributed by atoms with Crippen LogP contribution in [-0.2, 0) is 0 Å². The van der Waals surface area contributed by atoms with E-state index in [-0.39, 0.29) is 0 Å². The van der Waals surface area contributed by atoms with Gasteiger partial charge in [-0.2, -0.15) is 0 Å². The maximum absolute atomic E-state index is 6.08. The van der Waals surface area contributed by atoms with Crippen LogP contribution in [0, 0.1) is 5.92 Å². The van der Waals surface area contributed by atoms with Gasteiger partial charge >= 0.3 is 0 Å². The van der Waals surface area contributed by atoms with E-state index in [0.717, 1.165) is 22.5 Å². The zero-order valence-electron chi connectivity index (χ0n) is 11.2. The van der Waals surface area contributed by atoms with E-state index >= 15 is 0 Å². The summed E-state index contributed by atoms with van der Waals surface area (Å²) in [4.78, 5) is 0. The molecule has 0 aromatic heterocycles. The fourth-order valence-electron chi connectivity index (χ4n) is 1.81. The third-order valence-corrected chi connectivity index (χ3v) is 3.84. The summed E-state index contributed by atoms with van der Waals surface area (Å²) in [5.41, 5.74) is 0.961. The van der Waals surface area contributed by atoms with E-state index in [1.54, 1.807) is 0 Å². The largest absolute Gasteiger partial charge is 0.491 e. The Morgan fingerprint density at radius 3 is 2.50 bits per heavy atom. The molecule has 0 aliphatic rings. The van der Waals surface area contributed by atoms with Gasteiger partial charge < -0.3 is 10.1 Å². The van der Waals surface area contributed by atoms with E-state index in [0.29, 0.717) is 17.5 Å². The topological polar surface area (TPSA) is 21.3 Å². The van der Waals surface area contributed by atoms with Crippen molar-refractivity contribution in [1.82, 2.24) is 0 Å². The van der Waals surface area contributed by atoms with Gasteiger partial charge in [0.05, 0.1) is 16.8 Å². The smallest absolute Gasteiger partial charge is 0.156 e. The summed E-state index contributed by atoms with van der Waals surface area (Å²) in [6, 6.07) is 3.77. The molecule has 0 aliphatic heterocycles. The number of hydrogen-bond donors (Lipinski definition) is 1. The molecule has 4 heteroatoms. The van der Waals surface area contributed by atoms with Crippen molar-refractivity contribution >= 4 is 33.2 Å². The molecule has 18 heavy (non-hydrogen) atoms. The molecule has 1 aromatic carbocycles. The molecule has 0 bridgehead atoms. The van der Waals surface area contributed by atoms with E-state index in [9.17, 15) is 0 Å². The van der Waals surface area contributed by atoms with Crippen LogP contribution in [0.3, 0.4) is 0 Å². The number of halogens is 2. The van der Waals surface area contributed by atoms with Gasteiger partial charge in [0.2, 0.25) is 0 Å². The Labute approximate surface area is 123 Å². The van der Waals surface area contributed by atoms with Gasteiger partial charge in [0.25, 0.3) is 0 Å². The van der Waals surface area contributed by atoms with Crippen molar-refractivity contribution in [2.75, 3.05) is 18.5 Å². The molecule has 1 N–H and O–H groups in total. The Morgan fingerprint density at radius 2 is 1.94 bits per heavy atom. The van der Waals surface area contributed by atoms with E-state index < -0.39 is 0 Å². The molecular formula is C14H21BrClNO. The van der Waals surface area contributed by atoms with Gasteiger partial charge in [-0.1, -0.05) is 38.3 Å². The van der Waals surface area contributed by atoms with E-state index in [1.807, 2.05) is 19.1 Å². The molecule has 0 heterocycles. The molecule has 0 saturated heterocycles. The first kappa shape index (κ1) is 15.6. The molecule has 0 radical (unpaired) electrons. The second-order valence-corrected chi connectivity index (χ2v) is 5.55. The van der Waals surface area contributed by atoms with Gasteiger partial charge in [-0.15, -0.1) is 0 Å². The highest BCUT2D eigenvalue weighted by molar-refractivity contribution is 9.10. The first-order valence-corrected chi connectivity index (χ1v) is 7.65. The summed E-state index contributed by atoms with van der Waals surface area (Å²) < 4.78 is 6.55. The molecule has 0 atom stereocenters. The predicted molar refractivity (Wildman–Crippen MR) is 82.9 cm³/mol. The number of benzene rings is 1. The van der Waals surface area contributed by atoms with E-state index in [2.05, 4.69) is 35.1 Å². The Balaban J connectivity index is 2.85. The van der Waals surface area contributed by atoms with Gasteiger partial charge in [-0.05, 0) is 40.9 Å². The quantitative estimate of drug-likeness (QED) is 0.725. The maximum atomic E-state index is 6.08. The van der Waals surface area contributed by atoms with E-state index in [1.165, 1.54) is 12.8 Å². The summed E-state index contributed by atoms with van der Waals surface area (Å²) in [5, 5.41) is 4.15. The van der Waals surface area contributed by atoms with Gasteiger partial charge in [0.1, 0.15) is 0 Å². The van der Waals surface area contributed by atoms with Crippen molar-refractivity contribution in [3.05, 3.63) is 21.6 Å². The monoisotopic (exact) mass is 333 g/mol. The number of rotatable bonds is 7. The standard InChI is InChI=1S/C14H21BrClNO/c1-4-10(5-2)9-17-13-8-11(16)7-12(15)14(13)18-6-3/h7-8,10,17H,4-6,9H2,1-3H3. The predicted octanol–water partition coefficient (Wildman–Crippen LogP) is 5.35. The summed E-state index contributed by atoms with van der Waals surface area (Å²) in [7, 11) is 0. The third-order valence-electron chi connectivity index (χ3n) is 3.03. The molecule has 102 valence electrons. The molecule has 1 rings (SSSR count). The molecular weight excluding hydrogens is 314 g/mol. The summed E-state index contributed by atoms with van der Waals surface area (Å²) >= 11 is 9.57. The van der Waals surface area contributed by atoms with Crippen LogP contribution in [0.25, 0.3) is 0 Å². The van der Waals surface area contributed by atoms with Crippen LogP contribution >= 0.6 is 27.5 Å². The third kappa shape index (κ3) is 4.36. The van der Waals surface area contributed by atoms with Crippen molar-refractivity contribution in [3.63, 3.8) is 0 Å². The molecule has 0 unspecified atom stereocenters. The van der Waals surface area contributed by atoms with Crippen LogP contribution in [-0.4, -0.2) is 13.2 Å². The Bertz CT molecular complexity index is 380. The highest BCUT2D eigenvalue weighted by Crippen LogP contribution is 2.36. The highest BCUT2D eigenvalue weighted by atomic mass is 79.9. The van der Waals surface area contributed by atoms with Crippen LogP contribution < -0.4 is 10.1 Å².